The fraction of sp³-hybridized carbons (Fsp3) is 0.471. The van der Waals surface area contributed by atoms with Crippen molar-refractivity contribution in [1.29, 1.82) is 0 Å². The van der Waals surface area contributed by atoms with Gasteiger partial charge in [-0.25, -0.2) is 9.97 Å². The quantitative estimate of drug-likeness (QED) is 0.890. The second-order valence-corrected chi connectivity index (χ2v) is 7.29. The highest BCUT2D eigenvalue weighted by Crippen LogP contribution is 2.28. The number of rotatable bonds is 4. The highest BCUT2D eigenvalue weighted by molar-refractivity contribution is 7.13. The summed E-state index contributed by atoms with van der Waals surface area (Å²) in [6.45, 7) is 5.66. The van der Waals surface area contributed by atoms with Crippen molar-refractivity contribution in [3.8, 4) is 0 Å². The van der Waals surface area contributed by atoms with Crippen molar-refractivity contribution >= 4 is 28.7 Å². The molecular weight excluding hydrogens is 324 g/mol. The zero-order valence-electron chi connectivity index (χ0n) is 14.0. The van der Waals surface area contributed by atoms with Crippen molar-refractivity contribution in [2.75, 3.05) is 29.9 Å². The summed E-state index contributed by atoms with van der Waals surface area (Å²) in [6.07, 6.45) is 3.62. The predicted octanol–water partition coefficient (Wildman–Crippen LogP) is 2.62. The van der Waals surface area contributed by atoms with Crippen LogP contribution in [0.4, 0.5) is 11.5 Å². The SMILES string of the molecule is Cc1nc(C)c(C(=O)Nc2cccnc2N2CCC(CO)CC2)s1. The van der Waals surface area contributed by atoms with Gasteiger partial charge in [0, 0.05) is 25.9 Å². The largest absolute Gasteiger partial charge is 0.396 e. The van der Waals surface area contributed by atoms with Crippen molar-refractivity contribution < 1.29 is 9.90 Å². The van der Waals surface area contributed by atoms with E-state index in [9.17, 15) is 9.90 Å². The van der Waals surface area contributed by atoms with Crippen LogP contribution in [-0.4, -0.2) is 40.7 Å². The van der Waals surface area contributed by atoms with Gasteiger partial charge >= 0.3 is 0 Å². The third-order valence-corrected chi connectivity index (χ3v) is 5.39. The standard InChI is InChI=1S/C17H22N4O2S/c1-11-15(24-12(2)19-11)17(23)20-14-4-3-7-18-16(14)21-8-5-13(10-22)6-9-21/h3-4,7,13,22H,5-6,8-10H2,1-2H3,(H,20,23). The molecule has 0 spiro atoms. The molecule has 0 aromatic carbocycles. The molecule has 3 rings (SSSR count). The van der Waals surface area contributed by atoms with Gasteiger partial charge in [0.05, 0.1) is 16.4 Å². The fourth-order valence-corrected chi connectivity index (χ4v) is 3.81. The van der Waals surface area contributed by atoms with Gasteiger partial charge in [0.25, 0.3) is 5.91 Å². The Hall–Kier alpha value is -1.99. The van der Waals surface area contributed by atoms with E-state index in [-0.39, 0.29) is 12.5 Å². The van der Waals surface area contributed by atoms with E-state index in [2.05, 4.69) is 20.2 Å². The van der Waals surface area contributed by atoms with Crippen LogP contribution < -0.4 is 10.2 Å². The molecule has 1 saturated heterocycles. The van der Waals surface area contributed by atoms with Crippen LogP contribution in [0.5, 0.6) is 0 Å². The lowest BCUT2D eigenvalue weighted by Gasteiger charge is -2.33. The first-order valence-corrected chi connectivity index (χ1v) is 8.96. The van der Waals surface area contributed by atoms with Crippen LogP contribution >= 0.6 is 11.3 Å². The van der Waals surface area contributed by atoms with Gasteiger partial charge < -0.3 is 15.3 Å². The van der Waals surface area contributed by atoms with Crippen molar-refractivity contribution in [1.82, 2.24) is 9.97 Å². The number of aliphatic hydroxyl groups is 1. The summed E-state index contributed by atoms with van der Waals surface area (Å²) >= 11 is 1.40. The summed E-state index contributed by atoms with van der Waals surface area (Å²) in [5, 5.41) is 13.1. The Morgan fingerprint density at radius 1 is 1.42 bits per heavy atom. The van der Waals surface area contributed by atoms with Gasteiger partial charge in [-0.1, -0.05) is 0 Å². The van der Waals surface area contributed by atoms with E-state index < -0.39 is 0 Å². The van der Waals surface area contributed by atoms with Crippen LogP contribution in [0, 0.1) is 19.8 Å². The summed E-state index contributed by atoms with van der Waals surface area (Å²) in [6, 6.07) is 3.70. The number of hydrogen-bond acceptors (Lipinski definition) is 6. The van der Waals surface area contributed by atoms with E-state index in [1.165, 1.54) is 11.3 Å². The Morgan fingerprint density at radius 3 is 2.79 bits per heavy atom. The van der Waals surface area contributed by atoms with Gasteiger partial charge in [-0.05, 0) is 44.7 Å². The number of carbonyl (C=O) groups excluding carboxylic acids is 1. The number of nitrogens with zero attached hydrogens (tertiary/aromatic N) is 3. The lowest BCUT2D eigenvalue weighted by atomic mass is 9.98. The molecule has 0 atom stereocenters. The van der Waals surface area contributed by atoms with Gasteiger partial charge in [0.2, 0.25) is 0 Å². The molecule has 0 unspecified atom stereocenters. The maximum Gasteiger partial charge on any atom is 0.267 e. The maximum atomic E-state index is 12.6. The molecule has 7 heteroatoms. The summed E-state index contributed by atoms with van der Waals surface area (Å²) < 4.78 is 0. The average molecular weight is 346 g/mol. The van der Waals surface area contributed by atoms with E-state index in [4.69, 9.17) is 0 Å². The molecule has 3 heterocycles. The highest BCUT2D eigenvalue weighted by Gasteiger charge is 2.22. The van der Waals surface area contributed by atoms with Crippen LogP contribution in [-0.2, 0) is 0 Å². The van der Waals surface area contributed by atoms with Crippen LogP contribution in [0.3, 0.4) is 0 Å². The molecule has 2 N–H and O–H groups in total. The summed E-state index contributed by atoms with van der Waals surface area (Å²) in [7, 11) is 0. The summed E-state index contributed by atoms with van der Waals surface area (Å²) in [5.74, 6) is 1.02. The molecule has 24 heavy (non-hydrogen) atoms. The third-order valence-electron chi connectivity index (χ3n) is 4.32. The first kappa shape index (κ1) is 16.9. The Morgan fingerprint density at radius 2 is 2.17 bits per heavy atom. The first-order valence-electron chi connectivity index (χ1n) is 8.14. The Bertz CT molecular complexity index is 723. The van der Waals surface area contributed by atoms with Gasteiger partial charge in [-0.15, -0.1) is 11.3 Å². The molecule has 2 aromatic rings. The molecule has 2 aromatic heterocycles. The average Bonchev–Trinajstić information content (AvgIpc) is 2.94. The predicted molar refractivity (Wildman–Crippen MR) is 95.8 cm³/mol. The first-order chi connectivity index (χ1) is 11.6. The molecule has 0 radical (unpaired) electrons. The zero-order chi connectivity index (χ0) is 17.1. The molecule has 1 amide bonds. The lowest BCUT2D eigenvalue weighted by Crippen LogP contribution is -2.35. The monoisotopic (exact) mass is 346 g/mol. The van der Waals surface area contributed by atoms with Gasteiger partial charge in [-0.3, -0.25) is 4.79 Å². The zero-order valence-corrected chi connectivity index (χ0v) is 14.8. The lowest BCUT2D eigenvalue weighted by molar-refractivity contribution is 0.103. The second-order valence-electron chi connectivity index (χ2n) is 6.09. The van der Waals surface area contributed by atoms with Crippen molar-refractivity contribution in [2.45, 2.75) is 26.7 Å². The number of aliphatic hydroxyl groups excluding tert-OH is 1. The number of aromatic nitrogens is 2. The Kier molecular flexibility index (Phi) is 5.11. The minimum atomic E-state index is -0.141. The highest BCUT2D eigenvalue weighted by atomic mass is 32.1. The van der Waals surface area contributed by atoms with E-state index >= 15 is 0 Å². The van der Waals surface area contributed by atoms with E-state index in [1.54, 1.807) is 6.20 Å². The van der Waals surface area contributed by atoms with Gasteiger partial charge in [-0.2, -0.15) is 0 Å². The number of anilines is 2. The van der Waals surface area contributed by atoms with Crippen LogP contribution in [0.1, 0.15) is 33.2 Å². The molecule has 1 aliphatic heterocycles. The van der Waals surface area contributed by atoms with E-state index in [1.807, 2.05) is 26.0 Å². The van der Waals surface area contributed by atoms with Crippen molar-refractivity contribution in [2.24, 2.45) is 5.92 Å². The number of piperidine rings is 1. The molecule has 0 bridgehead atoms. The number of hydrogen-bond donors (Lipinski definition) is 2. The Labute approximate surface area is 145 Å². The summed E-state index contributed by atoms with van der Waals surface area (Å²) in [5.41, 5.74) is 1.47. The molecule has 0 saturated carbocycles. The molecule has 0 aliphatic carbocycles. The minimum absolute atomic E-state index is 0.141. The van der Waals surface area contributed by atoms with Crippen LogP contribution in [0.15, 0.2) is 18.3 Å². The molecule has 6 nitrogen and oxygen atoms in total. The second kappa shape index (κ2) is 7.27. The Balaban J connectivity index is 1.77. The van der Waals surface area contributed by atoms with E-state index in [0.717, 1.165) is 48.1 Å². The third kappa shape index (κ3) is 3.57. The number of carbonyl (C=O) groups is 1. The number of thiazole rings is 1. The fourth-order valence-electron chi connectivity index (χ4n) is 2.99. The topological polar surface area (TPSA) is 78.4 Å². The molecule has 128 valence electrons. The van der Waals surface area contributed by atoms with Crippen molar-refractivity contribution in [3.63, 3.8) is 0 Å². The van der Waals surface area contributed by atoms with Gasteiger partial charge in [0.1, 0.15) is 4.88 Å². The van der Waals surface area contributed by atoms with Crippen LogP contribution in [0.2, 0.25) is 0 Å². The normalized spacial score (nSPS) is 15.5. The number of aryl methyl sites for hydroxylation is 2. The molecule has 1 aliphatic rings. The van der Waals surface area contributed by atoms with Crippen molar-refractivity contribution in [3.05, 3.63) is 33.9 Å². The molecule has 1 fully saturated rings. The number of pyridine rings is 1. The van der Waals surface area contributed by atoms with Crippen LogP contribution in [0.25, 0.3) is 0 Å². The van der Waals surface area contributed by atoms with Gasteiger partial charge in [0.15, 0.2) is 5.82 Å². The summed E-state index contributed by atoms with van der Waals surface area (Å²) in [4.78, 5) is 24.2. The number of amides is 1. The molecular formula is C17H22N4O2S. The van der Waals surface area contributed by atoms with E-state index in [0.29, 0.717) is 10.8 Å². The minimum Gasteiger partial charge on any atom is -0.396 e. The number of nitrogens with one attached hydrogen (secondary N) is 1. The smallest absolute Gasteiger partial charge is 0.267 e. The maximum absolute atomic E-state index is 12.6.